The zero-order valence-electron chi connectivity index (χ0n) is 10.2. The van der Waals surface area contributed by atoms with Gasteiger partial charge in [0.2, 0.25) is 20.0 Å². The maximum absolute atomic E-state index is 12.7. The highest BCUT2D eigenvalue weighted by atomic mass is 35.5. The molecule has 0 spiro atoms. The molecule has 0 amide bonds. The molecule has 0 aliphatic rings. The van der Waals surface area contributed by atoms with Crippen LogP contribution in [0.2, 0.25) is 0 Å². The van der Waals surface area contributed by atoms with Crippen molar-refractivity contribution < 1.29 is 25.6 Å². The summed E-state index contributed by atoms with van der Waals surface area (Å²) in [6, 6.07) is 0. The van der Waals surface area contributed by atoms with Gasteiger partial charge >= 0.3 is 0 Å². The second kappa shape index (κ2) is 8.27. The van der Waals surface area contributed by atoms with E-state index in [1.54, 1.807) is 4.72 Å². The Morgan fingerprint density at radius 1 is 1.11 bits per heavy atom. The van der Waals surface area contributed by atoms with Crippen molar-refractivity contribution in [1.82, 2.24) is 9.44 Å². The predicted octanol–water partition coefficient (Wildman–Crippen LogP) is -1.14. The van der Waals surface area contributed by atoms with Crippen molar-refractivity contribution in [2.24, 2.45) is 5.73 Å². The van der Waals surface area contributed by atoms with Crippen molar-refractivity contribution in [3.05, 3.63) is 0 Å². The lowest BCUT2D eigenvalue weighted by atomic mass is 10.3. The lowest BCUT2D eigenvalue weighted by Crippen LogP contribution is -2.43. The monoisotopic (exact) mass is 345 g/mol. The molecule has 0 fully saturated rings. The van der Waals surface area contributed by atoms with E-state index in [1.807, 2.05) is 4.72 Å². The number of nitrogens with two attached hydrogens (primary N) is 1. The summed E-state index contributed by atoms with van der Waals surface area (Å²) < 4.78 is 73.5. The van der Waals surface area contributed by atoms with E-state index in [0.29, 0.717) is 0 Å². The molecule has 0 aromatic heterocycles. The maximum atomic E-state index is 12.7. The van der Waals surface area contributed by atoms with Crippen LogP contribution < -0.4 is 15.2 Å². The van der Waals surface area contributed by atoms with Gasteiger partial charge in [-0.25, -0.2) is 35.1 Å². The summed E-state index contributed by atoms with van der Waals surface area (Å²) >= 11 is 0. The van der Waals surface area contributed by atoms with Crippen molar-refractivity contribution in [1.29, 1.82) is 0 Å². The van der Waals surface area contributed by atoms with E-state index < -0.39 is 44.8 Å². The Balaban J connectivity index is 0. The van der Waals surface area contributed by atoms with Gasteiger partial charge in [0.1, 0.15) is 0 Å². The minimum atomic E-state index is -3.97. The van der Waals surface area contributed by atoms with Gasteiger partial charge in [-0.1, -0.05) is 0 Å². The number of hydrogen-bond acceptors (Lipinski definition) is 5. The summed E-state index contributed by atoms with van der Waals surface area (Å²) in [6.07, 6.45) is 0. The van der Waals surface area contributed by atoms with E-state index in [0.717, 1.165) is 0 Å². The maximum Gasteiger partial charge on any atom is 0.273 e. The van der Waals surface area contributed by atoms with Gasteiger partial charge in [-0.3, -0.25) is 0 Å². The molecule has 7 nitrogen and oxygen atoms in total. The molecule has 0 saturated heterocycles. The van der Waals surface area contributed by atoms with Crippen molar-refractivity contribution in [2.75, 3.05) is 31.1 Å². The third-order valence-corrected chi connectivity index (χ3v) is 4.65. The number of nitrogens with one attached hydrogen (secondary N) is 2. The molecular weight excluding hydrogens is 328 g/mol. The summed E-state index contributed by atoms with van der Waals surface area (Å²) in [7, 11) is -7.47. The van der Waals surface area contributed by atoms with E-state index in [2.05, 4.69) is 0 Å². The minimum Gasteiger partial charge on any atom is -0.325 e. The first-order valence-electron chi connectivity index (χ1n) is 5.06. The molecule has 0 aromatic rings. The fraction of sp³-hybridized carbons (Fsp3) is 1.00. The molecule has 12 heteroatoms. The molecule has 19 heavy (non-hydrogen) atoms. The Morgan fingerprint density at radius 3 is 2.05 bits per heavy atom. The summed E-state index contributed by atoms with van der Waals surface area (Å²) in [6.45, 7) is -1.07. The highest BCUT2D eigenvalue weighted by Gasteiger charge is 2.28. The zero-order chi connectivity index (χ0) is 14.4. The SMILES string of the molecule is CCS(=O)(=O)NCCS(=O)(=O)NCC(F)(F)CN.Cl. The van der Waals surface area contributed by atoms with Crippen LogP contribution in [0.15, 0.2) is 0 Å². The summed E-state index contributed by atoms with van der Waals surface area (Å²) in [4.78, 5) is 0. The van der Waals surface area contributed by atoms with E-state index in [1.165, 1.54) is 6.92 Å². The smallest absolute Gasteiger partial charge is 0.273 e. The Kier molecular flexibility index (Phi) is 9.24. The van der Waals surface area contributed by atoms with Crippen LogP contribution in [-0.2, 0) is 20.0 Å². The molecule has 0 aliphatic heterocycles. The third kappa shape index (κ3) is 10.4. The standard InChI is InChI=1S/C7H17F2N3O4S2.ClH/c1-2-17(13,14)11-3-4-18(15,16)12-6-7(8,9)5-10;/h11-12H,2-6,10H2,1H3;1H. The molecule has 0 atom stereocenters. The second-order valence-electron chi connectivity index (χ2n) is 3.50. The highest BCUT2D eigenvalue weighted by molar-refractivity contribution is 7.90. The first-order chi connectivity index (χ1) is 8.04. The molecular formula is C7H18ClF2N3O4S2. The van der Waals surface area contributed by atoms with E-state index in [9.17, 15) is 25.6 Å². The van der Waals surface area contributed by atoms with Crippen LogP contribution in [0.3, 0.4) is 0 Å². The van der Waals surface area contributed by atoms with Crippen molar-refractivity contribution >= 4 is 32.5 Å². The van der Waals surface area contributed by atoms with Gasteiger partial charge in [0.15, 0.2) is 0 Å². The molecule has 0 unspecified atom stereocenters. The molecule has 118 valence electrons. The molecule has 4 N–H and O–H groups in total. The van der Waals surface area contributed by atoms with Gasteiger partial charge in [0, 0.05) is 6.54 Å². The topological polar surface area (TPSA) is 118 Å². The third-order valence-electron chi connectivity index (χ3n) is 1.92. The van der Waals surface area contributed by atoms with Crippen molar-refractivity contribution in [3.8, 4) is 0 Å². The van der Waals surface area contributed by atoms with Crippen molar-refractivity contribution in [3.63, 3.8) is 0 Å². The van der Waals surface area contributed by atoms with Gasteiger partial charge in [-0.05, 0) is 6.92 Å². The Hall–Kier alpha value is -0.0700. The molecule has 0 rings (SSSR count). The van der Waals surface area contributed by atoms with E-state index in [-0.39, 0.29) is 24.7 Å². The van der Waals surface area contributed by atoms with Gasteiger partial charge in [0.05, 0.1) is 24.6 Å². The molecule has 0 aliphatic carbocycles. The Morgan fingerprint density at radius 2 is 1.63 bits per heavy atom. The van der Waals surface area contributed by atoms with Crippen LogP contribution in [0, 0.1) is 0 Å². The highest BCUT2D eigenvalue weighted by Crippen LogP contribution is 2.09. The first-order valence-corrected chi connectivity index (χ1v) is 8.36. The molecule has 0 radical (unpaired) electrons. The fourth-order valence-electron chi connectivity index (χ4n) is 0.793. The van der Waals surface area contributed by atoms with Crippen LogP contribution in [0.1, 0.15) is 6.92 Å². The number of halogens is 3. The molecule has 0 bridgehead atoms. The fourth-order valence-corrected chi connectivity index (χ4v) is 2.49. The van der Waals surface area contributed by atoms with Crippen molar-refractivity contribution in [2.45, 2.75) is 12.8 Å². The van der Waals surface area contributed by atoms with Crippen LogP contribution in [0.4, 0.5) is 8.78 Å². The van der Waals surface area contributed by atoms with Gasteiger partial charge < -0.3 is 5.73 Å². The quantitative estimate of drug-likeness (QED) is 0.488. The van der Waals surface area contributed by atoms with Crippen LogP contribution in [0.5, 0.6) is 0 Å². The van der Waals surface area contributed by atoms with E-state index >= 15 is 0 Å². The largest absolute Gasteiger partial charge is 0.325 e. The number of alkyl halides is 2. The molecule has 0 aromatic carbocycles. The van der Waals surface area contributed by atoms with Crippen LogP contribution in [0.25, 0.3) is 0 Å². The first kappa shape index (κ1) is 21.2. The van der Waals surface area contributed by atoms with Crippen LogP contribution >= 0.6 is 12.4 Å². The Labute approximate surface area is 117 Å². The lowest BCUT2D eigenvalue weighted by Gasteiger charge is -2.14. The van der Waals surface area contributed by atoms with E-state index in [4.69, 9.17) is 5.73 Å². The molecule has 0 heterocycles. The van der Waals surface area contributed by atoms with Gasteiger partial charge in [-0.15, -0.1) is 12.4 Å². The average molecular weight is 346 g/mol. The summed E-state index contributed by atoms with van der Waals surface area (Å²) in [5.74, 6) is -4.13. The van der Waals surface area contributed by atoms with Crippen LogP contribution in [-0.4, -0.2) is 53.9 Å². The van der Waals surface area contributed by atoms with Gasteiger partial charge in [0.25, 0.3) is 5.92 Å². The number of sulfonamides is 2. The number of rotatable bonds is 9. The zero-order valence-corrected chi connectivity index (χ0v) is 12.7. The Bertz CT molecular complexity index is 455. The lowest BCUT2D eigenvalue weighted by molar-refractivity contribution is 0.0170. The molecule has 0 saturated carbocycles. The summed E-state index contributed by atoms with van der Waals surface area (Å²) in [5.41, 5.74) is 4.73. The number of hydrogen-bond donors (Lipinski definition) is 3. The predicted molar refractivity (Wildman–Crippen MR) is 70.5 cm³/mol. The average Bonchev–Trinajstić information content (AvgIpc) is 2.26. The normalized spacial score (nSPS) is 13.1. The second-order valence-corrected chi connectivity index (χ2v) is 7.52. The summed E-state index contributed by atoms with van der Waals surface area (Å²) in [5, 5.41) is 0. The minimum absolute atomic E-state index is 0. The van der Waals surface area contributed by atoms with Gasteiger partial charge in [-0.2, -0.15) is 0 Å².